The highest BCUT2D eigenvalue weighted by molar-refractivity contribution is 9.10. The van der Waals surface area contributed by atoms with Crippen molar-refractivity contribution >= 4 is 55.8 Å². The van der Waals surface area contributed by atoms with Crippen molar-refractivity contribution in [2.24, 2.45) is 5.73 Å². The molecule has 5 N–H and O–H groups in total. The molecular weight excluding hydrogens is 476 g/mol. The Morgan fingerprint density at radius 3 is 2.83 bits per heavy atom. The molecule has 2 amide bonds. The van der Waals surface area contributed by atoms with Crippen LogP contribution in [0.2, 0.25) is 0 Å². The Labute approximate surface area is 183 Å². The van der Waals surface area contributed by atoms with E-state index in [2.05, 4.69) is 31.4 Å². The standard InChI is InChI=1S/C18H17BrN6O2S2/c19-11-6-2-1-4-9(11)16-23-24-18(25(16)21)28-8-13(26)22-17-14(15(20)27)10-5-3-7-12(10)29-17/h1-2,4,6H,3,5,7-8,21H2,(H2,20,27)(H,22,26). The molecule has 29 heavy (non-hydrogen) atoms. The highest BCUT2D eigenvalue weighted by atomic mass is 79.9. The van der Waals surface area contributed by atoms with Gasteiger partial charge in [0.05, 0.1) is 11.3 Å². The van der Waals surface area contributed by atoms with Crippen LogP contribution in [0.15, 0.2) is 33.9 Å². The average Bonchev–Trinajstić information content (AvgIpc) is 3.35. The second-order valence-corrected chi connectivity index (χ2v) is 9.32. The second-order valence-electron chi connectivity index (χ2n) is 6.42. The summed E-state index contributed by atoms with van der Waals surface area (Å²) >= 11 is 6.06. The average molecular weight is 493 g/mol. The fourth-order valence-corrected chi connectivity index (χ4v) is 5.68. The summed E-state index contributed by atoms with van der Waals surface area (Å²) in [7, 11) is 0. The van der Waals surface area contributed by atoms with Crippen LogP contribution in [0, 0.1) is 0 Å². The molecule has 0 saturated carbocycles. The quantitative estimate of drug-likeness (QED) is 0.358. The fraction of sp³-hybridized carbons (Fsp3) is 0.222. The number of anilines is 1. The van der Waals surface area contributed by atoms with E-state index in [0.717, 1.165) is 39.7 Å². The minimum absolute atomic E-state index is 0.0755. The number of hydrogen-bond acceptors (Lipinski definition) is 7. The zero-order chi connectivity index (χ0) is 20.5. The Hall–Kier alpha value is -2.37. The summed E-state index contributed by atoms with van der Waals surface area (Å²) in [5.41, 5.74) is 7.76. The number of thiophene rings is 1. The van der Waals surface area contributed by atoms with Crippen LogP contribution in [-0.2, 0) is 17.6 Å². The third-order valence-corrected chi connectivity index (χ3v) is 7.37. The van der Waals surface area contributed by atoms with Gasteiger partial charge in [-0.1, -0.05) is 39.8 Å². The normalized spacial score (nSPS) is 12.7. The van der Waals surface area contributed by atoms with E-state index in [9.17, 15) is 9.59 Å². The Kier molecular flexibility index (Phi) is 5.61. The van der Waals surface area contributed by atoms with Crippen molar-refractivity contribution in [1.29, 1.82) is 0 Å². The minimum Gasteiger partial charge on any atom is -0.365 e. The van der Waals surface area contributed by atoms with Gasteiger partial charge in [0.25, 0.3) is 5.91 Å². The predicted octanol–water partition coefficient (Wildman–Crippen LogP) is 2.80. The van der Waals surface area contributed by atoms with Crippen LogP contribution in [0.25, 0.3) is 11.4 Å². The van der Waals surface area contributed by atoms with Gasteiger partial charge in [0.1, 0.15) is 5.00 Å². The lowest BCUT2D eigenvalue weighted by Crippen LogP contribution is -2.19. The number of rotatable bonds is 6. The van der Waals surface area contributed by atoms with Gasteiger partial charge in [-0.2, -0.15) is 0 Å². The number of halogens is 1. The van der Waals surface area contributed by atoms with Crippen LogP contribution >= 0.6 is 39.0 Å². The number of nitrogens with one attached hydrogen (secondary N) is 1. The molecule has 0 unspecified atom stereocenters. The Balaban J connectivity index is 1.45. The number of benzene rings is 1. The van der Waals surface area contributed by atoms with Gasteiger partial charge in [-0.25, -0.2) is 4.68 Å². The number of nitrogen functional groups attached to an aromatic ring is 1. The molecule has 0 saturated heterocycles. The van der Waals surface area contributed by atoms with Crippen molar-refractivity contribution in [3.05, 3.63) is 44.7 Å². The summed E-state index contributed by atoms with van der Waals surface area (Å²) in [6.45, 7) is 0. The van der Waals surface area contributed by atoms with E-state index in [1.54, 1.807) is 0 Å². The van der Waals surface area contributed by atoms with Crippen molar-refractivity contribution in [3.63, 3.8) is 0 Å². The number of carbonyl (C=O) groups excluding carboxylic acids is 2. The number of primary amides is 1. The fourth-order valence-electron chi connectivity index (χ4n) is 3.25. The van der Waals surface area contributed by atoms with Crippen molar-refractivity contribution in [3.8, 4) is 11.4 Å². The molecule has 2 heterocycles. The number of carbonyl (C=O) groups is 2. The zero-order valence-corrected chi connectivity index (χ0v) is 18.4. The lowest BCUT2D eigenvalue weighted by atomic mass is 10.1. The Morgan fingerprint density at radius 1 is 1.28 bits per heavy atom. The molecule has 3 aromatic rings. The van der Waals surface area contributed by atoms with Gasteiger partial charge in [0.15, 0.2) is 5.82 Å². The first-order chi connectivity index (χ1) is 14.0. The van der Waals surface area contributed by atoms with Crippen LogP contribution < -0.4 is 16.9 Å². The molecule has 0 bridgehead atoms. The first-order valence-corrected chi connectivity index (χ1v) is 11.4. The molecule has 1 aromatic carbocycles. The number of nitrogens with zero attached hydrogens (tertiary/aromatic N) is 3. The lowest BCUT2D eigenvalue weighted by Gasteiger charge is -2.07. The van der Waals surface area contributed by atoms with Crippen LogP contribution in [0.3, 0.4) is 0 Å². The van der Waals surface area contributed by atoms with Crippen molar-refractivity contribution in [2.75, 3.05) is 16.9 Å². The van der Waals surface area contributed by atoms with E-state index in [-0.39, 0.29) is 11.7 Å². The molecule has 4 rings (SSSR count). The molecule has 0 spiro atoms. The van der Waals surface area contributed by atoms with E-state index >= 15 is 0 Å². The summed E-state index contributed by atoms with van der Waals surface area (Å²) in [6, 6.07) is 7.54. The number of aromatic nitrogens is 3. The van der Waals surface area contributed by atoms with Crippen molar-refractivity contribution in [2.45, 2.75) is 24.4 Å². The molecule has 1 aliphatic carbocycles. The predicted molar refractivity (Wildman–Crippen MR) is 118 cm³/mol. The third-order valence-electron chi connectivity index (χ3n) is 4.53. The first kappa shape index (κ1) is 19.9. The molecule has 8 nitrogen and oxygen atoms in total. The van der Waals surface area contributed by atoms with Crippen LogP contribution in [-0.4, -0.2) is 32.4 Å². The van der Waals surface area contributed by atoms with E-state index in [1.165, 1.54) is 27.8 Å². The maximum atomic E-state index is 12.4. The summed E-state index contributed by atoms with van der Waals surface area (Å²) in [6.07, 6.45) is 2.75. The Bertz CT molecular complexity index is 1110. The van der Waals surface area contributed by atoms with Gasteiger partial charge in [-0.15, -0.1) is 21.5 Å². The van der Waals surface area contributed by atoms with Crippen LogP contribution in [0.1, 0.15) is 27.2 Å². The molecular formula is C18H17BrN6O2S2. The van der Waals surface area contributed by atoms with E-state index < -0.39 is 5.91 Å². The number of nitrogens with two attached hydrogens (primary N) is 2. The zero-order valence-electron chi connectivity index (χ0n) is 15.1. The van der Waals surface area contributed by atoms with Gasteiger partial charge in [0.2, 0.25) is 11.1 Å². The monoisotopic (exact) mass is 492 g/mol. The molecule has 1 aliphatic rings. The van der Waals surface area contributed by atoms with Crippen LogP contribution in [0.5, 0.6) is 0 Å². The molecule has 0 fully saturated rings. The third kappa shape index (κ3) is 3.89. The van der Waals surface area contributed by atoms with Gasteiger partial charge in [0, 0.05) is 14.9 Å². The van der Waals surface area contributed by atoms with Gasteiger partial charge in [-0.05, 0) is 37.0 Å². The van der Waals surface area contributed by atoms with Crippen LogP contribution in [0.4, 0.5) is 5.00 Å². The molecule has 150 valence electrons. The topological polar surface area (TPSA) is 129 Å². The van der Waals surface area contributed by atoms with E-state index in [0.29, 0.717) is 21.5 Å². The number of amides is 2. The Morgan fingerprint density at radius 2 is 2.07 bits per heavy atom. The molecule has 0 aliphatic heterocycles. The van der Waals surface area contributed by atoms with Gasteiger partial charge < -0.3 is 16.9 Å². The van der Waals surface area contributed by atoms with Gasteiger partial charge >= 0.3 is 0 Å². The molecule has 0 atom stereocenters. The highest BCUT2D eigenvalue weighted by Gasteiger charge is 2.26. The SMILES string of the molecule is NC(=O)c1c(NC(=O)CSc2nnc(-c3ccccc3Br)n2N)sc2c1CCC2. The minimum atomic E-state index is -0.507. The smallest absolute Gasteiger partial charge is 0.251 e. The van der Waals surface area contributed by atoms with Gasteiger partial charge in [-0.3, -0.25) is 9.59 Å². The van der Waals surface area contributed by atoms with Crippen molar-refractivity contribution in [1.82, 2.24) is 14.9 Å². The number of hydrogen-bond donors (Lipinski definition) is 3. The number of fused-ring (bicyclic) bond motifs is 1. The highest BCUT2D eigenvalue weighted by Crippen LogP contribution is 2.39. The maximum Gasteiger partial charge on any atom is 0.251 e. The summed E-state index contributed by atoms with van der Waals surface area (Å²) in [4.78, 5) is 25.4. The molecule has 11 heteroatoms. The largest absolute Gasteiger partial charge is 0.365 e. The number of thioether (sulfide) groups is 1. The van der Waals surface area contributed by atoms with Crippen molar-refractivity contribution < 1.29 is 9.59 Å². The summed E-state index contributed by atoms with van der Waals surface area (Å²) in [5, 5.41) is 11.9. The van der Waals surface area contributed by atoms with E-state index in [1.807, 2.05) is 24.3 Å². The summed E-state index contributed by atoms with van der Waals surface area (Å²) in [5.74, 6) is 5.91. The number of aryl methyl sites for hydroxylation is 1. The maximum absolute atomic E-state index is 12.4. The molecule has 0 radical (unpaired) electrons. The molecule has 2 aromatic heterocycles. The summed E-state index contributed by atoms with van der Waals surface area (Å²) < 4.78 is 2.20. The first-order valence-electron chi connectivity index (χ1n) is 8.78. The van der Waals surface area contributed by atoms with E-state index in [4.69, 9.17) is 11.6 Å². The second kappa shape index (κ2) is 8.17. The lowest BCUT2D eigenvalue weighted by molar-refractivity contribution is -0.113.